The van der Waals surface area contributed by atoms with E-state index in [0.29, 0.717) is 0 Å². The van der Waals surface area contributed by atoms with Gasteiger partial charge in [-0.1, -0.05) is 53.7 Å². The first-order chi connectivity index (χ1) is 8.79. The third-order valence-electron chi connectivity index (χ3n) is 3.57. The zero-order valence-electron chi connectivity index (χ0n) is 10.6. The van der Waals surface area contributed by atoms with Crippen molar-refractivity contribution in [2.45, 2.75) is 43.9 Å². The van der Waals surface area contributed by atoms with Crippen molar-refractivity contribution < 1.29 is 4.79 Å². The zero-order chi connectivity index (χ0) is 12.8. The molecule has 3 heteroatoms. The zero-order valence-corrected chi connectivity index (χ0v) is 12.2. The monoisotopic (exact) mass is 309 g/mol. The van der Waals surface area contributed by atoms with Crippen LogP contribution in [0.15, 0.2) is 24.3 Å². The van der Waals surface area contributed by atoms with Gasteiger partial charge >= 0.3 is 0 Å². The van der Waals surface area contributed by atoms with Gasteiger partial charge in [0, 0.05) is 16.9 Å². The molecule has 2 nitrogen and oxygen atoms in total. The Morgan fingerprint density at radius 2 is 1.94 bits per heavy atom. The molecule has 1 amide bonds. The van der Waals surface area contributed by atoms with E-state index >= 15 is 0 Å². The van der Waals surface area contributed by atoms with E-state index in [1.807, 2.05) is 18.2 Å². The van der Waals surface area contributed by atoms with Crippen LogP contribution in [0.3, 0.4) is 0 Å². The Balaban J connectivity index is 1.96. The summed E-state index contributed by atoms with van der Waals surface area (Å²) in [5.74, 6) is 0.406. The van der Waals surface area contributed by atoms with E-state index < -0.39 is 0 Å². The molecule has 0 spiro atoms. The van der Waals surface area contributed by atoms with E-state index in [2.05, 4.69) is 27.3 Å². The first kappa shape index (κ1) is 13.6. The summed E-state index contributed by atoms with van der Waals surface area (Å²) >= 11 is 3.43. The molecule has 1 aliphatic rings. The van der Waals surface area contributed by atoms with Crippen molar-refractivity contribution in [2.24, 2.45) is 5.92 Å². The molecule has 1 aliphatic carbocycles. The summed E-state index contributed by atoms with van der Waals surface area (Å²) < 4.78 is 0. The smallest absolute Gasteiger partial charge is 0.227 e. The third-order valence-corrected chi connectivity index (χ3v) is 4.22. The number of nitrogens with one attached hydrogen (secondary N) is 1. The first-order valence-electron chi connectivity index (χ1n) is 6.75. The maximum atomic E-state index is 12.2. The van der Waals surface area contributed by atoms with Gasteiger partial charge in [0.25, 0.3) is 0 Å². The fourth-order valence-electron chi connectivity index (χ4n) is 2.52. The van der Waals surface area contributed by atoms with Crippen molar-refractivity contribution >= 4 is 27.5 Å². The summed E-state index contributed by atoms with van der Waals surface area (Å²) in [5.41, 5.74) is 2.11. The van der Waals surface area contributed by atoms with Crippen molar-refractivity contribution in [1.82, 2.24) is 0 Å². The molecule has 0 unspecified atom stereocenters. The molecule has 0 aromatic heterocycles. The summed E-state index contributed by atoms with van der Waals surface area (Å²) in [4.78, 5) is 12.2. The molecule has 1 fully saturated rings. The molecule has 0 atom stereocenters. The second-order valence-corrected chi connectivity index (χ2v) is 5.57. The number of benzene rings is 1. The summed E-state index contributed by atoms with van der Waals surface area (Å²) in [6.07, 6.45) is 7.04. The standard InChI is InChI=1S/C15H20BrNO/c16-11-12-6-5-9-14(10-12)17-15(18)13-7-3-1-2-4-8-13/h5-6,9-10,13H,1-4,7-8,11H2,(H,17,18). The van der Waals surface area contributed by atoms with E-state index in [9.17, 15) is 4.79 Å². The Morgan fingerprint density at radius 1 is 1.22 bits per heavy atom. The van der Waals surface area contributed by atoms with Gasteiger partial charge in [0.2, 0.25) is 5.91 Å². The van der Waals surface area contributed by atoms with E-state index in [4.69, 9.17) is 0 Å². The highest BCUT2D eigenvalue weighted by Crippen LogP contribution is 2.24. The summed E-state index contributed by atoms with van der Waals surface area (Å²) in [6.45, 7) is 0. The number of carbonyl (C=O) groups excluding carboxylic acids is 1. The number of anilines is 1. The molecule has 0 radical (unpaired) electrons. The maximum absolute atomic E-state index is 12.2. The number of hydrogen-bond donors (Lipinski definition) is 1. The number of halogens is 1. The summed E-state index contributed by atoms with van der Waals surface area (Å²) in [7, 11) is 0. The van der Waals surface area contributed by atoms with E-state index in [1.165, 1.54) is 31.2 Å². The molecular weight excluding hydrogens is 290 g/mol. The lowest BCUT2D eigenvalue weighted by molar-refractivity contribution is -0.120. The number of rotatable bonds is 3. The molecule has 0 bridgehead atoms. The highest BCUT2D eigenvalue weighted by Gasteiger charge is 2.19. The van der Waals surface area contributed by atoms with Crippen LogP contribution in [0.25, 0.3) is 0 Å². The van der Waals surface area contributed by atoms with Crippen LogP contribution in [0.4, 0.5) is 5.69 Å². The van der Waals surface area contributed by atoms with Crippen LogP contribution in [0.1, 0.15) is 44.1 Å². The summed E-state index contributed by atoms with van der Waals surface area (Å²) in [6, 6.07) is 8.03. The van der Waals surface area contributed by atoms with Crippen LogP contribution in [0, 0.1) is 5.92 Å². The van der Waals surface area contributed by atoms with Crippen molar-refractivity contribution in [2.75, 3.05) is 5.32 Å². The van der Waals surface area contributed by atoms with Gasteiger partial charge < -0.3 is 5.32 Å². The predicted molar refractivity (Wildman–Crippen MR) is 78.9 cm³/mol. The Hall–Kier alpha value is -0.830. The minimum absolute atomic E-state index is 0.198. The van der Waals surface area contributed by atoms with Crippen molar-refractivity contribution in [1.29, 1.82) is 0 Å². The number of carbonyl (C=O) groups is 1. The van der Waals surface area contributed by atoms with Crippen molar-refractivity contribution in [3.8, 4) is 0 Å². The van der Waals surface area contributed by atoms with Crippen molar-refractivity contribution in [3.05, 3.63) is 29.8 Å². The molecule has 1 saturated carbocycles. The van der Waals surface area contributed by atoms with Gasteiger partial charge in [0.05, 0.1) is 0 Å². The number of alkyl halides is 1. The number of hydrogen-bond acceptors (Lipinski definition) is 1. The van der Waals surface area contributed by atoms with E-state index in [1.54, 1.807) is 0 Å². The van der Waals surface area contributed by atoms with Gasteiger partial charge in [-0.15, -0.1) is 0 Å². The molecule has 1 aromatic carbocycles. The lowest BCUT2D eigenvalue weighted by Gasteiger charge is -2.14. The molecule has 0 saturated heterocycles. The van der Waals surface area contributed by atoms with Crippen molar-refractivity contribution in [3.63, 3.8) is 0 Å². The largest absolute Gasteiger partial charge is 0.326 e. The molecule has 0 aliphatic heterocycles. The fourth-order valence-corrected chi connectivity index (χ4v) is 2.87. The summed E-state index contributed by atoms with van der Waals surface area (Å²) in [5, 5.41) is 3.87. The molecule has 2 rings (SSSR count). The first-order valence-corrected chi connectivity index (χ1v) is 7.87. The van der Waals surface area contributed by atoms with Gasteiger partial charge in [-0.3, -0.25) is 4.79 Å². The van der Waals surface area contributed by atoms with Crippen LogP contribution >= 0.6 is 15.9 Å². The van der Waals surface area contributed by atoms with E-state index in [-0.39, 0.29) is 11.8 Å². The molecule has 0 heterocycles. The molecule has 1 aromatic rings. The highest BCUT2D eigenvalue weighted by molar-refractivity contribution is 9.08. The molecule has 18 heavy (non-hydrogen) atoms. The molecule has 98 valence electrons. The van der Waals surface area contributed by atoms with Crippen LogP contribution in [-0.2, 0) is 10.1 Å². The van der Waals surface area contributed by atoms with Gasteiger partial charge in [-0.05, 0) is 30.5 Å². The van der Waals surface area contributed by atoms with Gasteiger partial charge in [0.15, 0.2) is 0 Å². The topological polar surface area (TPSA) is 29.1 Å². The Labute approximate surface area is 117 Å². The Morgan fingerprint density at radius 3 is 2.61 bits per heavy atom. The lowest BCUT2D eigenvalue weighted by Crippen LogP contribution is -2.22. The highest BCUT2D eigenvalue weighted by atomic mass is 79.9. The van der Waals surface area contributed by atoms with E-state index in [0.717, 1.165) is 23.9 Å². The molecular formula is C15H20BrNO. The average Bonchev–Trinajstić information content (AvgIpc) is 2.68. The fraction of sp³-hybridized carbons (Fsp3) is 0.533. The quantitative estimate of drug-likeness (QED) is 0.647. The minimum Gasteiger partial charge on any atom is -0.326 e. The van der Waals surface area contributed by atoms with Crippen LogP contribution < -0.4 is 5.32 Å². The third kappa shape index (κ3) is 3.84. The van der Waals surface area contributed by atoms with Gasteiger partial charge in [-0.25, -0.2) is 0 Å². The second-order valence-electron chi connectivity index (χ2n) is 5.01. The normalized spacial score (nSPS) is 17.2. The second kappa shape index (κ2) is 6.93. The molecule has 1 N–H and O–H groups in total. The number of amides is 1. The lowest BCUT2D eigenvalue weighted by atomic mass is 9.99. The minimum atomic E-state index is 0.198. The Kier molecular flexibility index (Phi) is 5.24. The SMILES string of the molecule is O=C(Nc1cccc(CBr)c1)C1CCCCCC1. The maximum Gasteiger partial charge on any atom is 0.227 e. The van der Waals surface area contributed by atoms with Gasteiger partial charge in [-0.2, -0.15) is 0 Å². The predicted octanol–water partition coefficient (Wildman–Crippen LogP) is 4.49. The van der Waals surface area contributed by atoms with Crippen LogP contribution in [0.2, 0.25) is 0 Å². The Bertz CT molecular complexity index is 397. The van der Waals surface area contributed by atoms with Gasteiger partial charge in [0.1, 0.15) is 0 Å². The average molecular weight is 310 g/mol. The van der Waals surface area contributed by atoms with Crippen LogP contribution in [-0.4, -0.2) is 5.91 Å². The van der Waals surface area contributed by atoms with Crippen LogP contribution in [0.5, 0.6) is 0 Å².